The summed E-state index contributed by atoms with van der Waals surface area (Å²) in [6.07, 6.45) is 0. The highest BCUT2D eigenvalue weighted by Crippen LogP contribution is 2.33. The molecule has 212 valence electrons. The molecule has 0 saturated carbocycles. The maximum atomic E-state index is 11.6. The van der Waals surface area contributed by atoms with E-state index in [9.17, 15) is 25.9 Å². The number of nitrogens with one attached hydrogen (secondary N) is 2. The van der Waals surface area contributed by atoms with Crippen molar-refractivity contribution in [3.8, 4) is 0 Å². The molecule has 0 amide bonds. The van der Waals surface area contributed by atoms with Crippen molar-refractivity contribution in [1.82, 2.24) is 0 Å². The van der Waals surface area contributed by atoms with Crippen LogP contribution in [0.1, 0.15) is 0 Å². The van der Waals surface area contributed by atoms with Gasteiger partial charge in [0.05, 0.1) is 0 Å². The van der Waals surface area contributed by atoms with E-state index < -0.39 is 20.2 Å². The first kappa shape index (κ1) is 28.8. The Morgan fingerprint density at radius 2 is 0.738 bits per heavy atom. The first-order chi connectivity index (χ1) is 20.1. The second-order valence-corrected chi connectivity index (χ2v) is 12.0. The standard InChI is InChI=1S/2C16H13NO3S/c2*18-21(19,20)15-11-5-7-12-6-4-10-14(16(12)15)17-13-8-2-1-3-9-13/h2*1-11,17H,(H,18,19,20). The van der Waals surface area contributed by atoms with Crippen LogP contribution in [0.15, 0.2) is 143 Å². The molecule has 0 aliphatic carbocycles. The van der Waals surface area contributed by atoms with E-state index in [1.54, 1.807) is 48.5 Å². The van der Waals surface area contributed by atoms with Gasteiger partial charge in [-0.2, -0.15) is 16.8 Å². The molecule has 0 aliphatic rings. The van der Waals surface area contributed by atoms with Gasteiger partial charge in [0, 0.05) is 33.5 Å². The number of benzene rings is 6. The van der Waals surface area contributed by atoms with Gasteiger partial charge in [-0.1, -0.05) is 84.9 Å². The number of fused-ring (bicyclic) bond motifs is 2. The third kappa shape index (κ3) is 6.59. The lowest BCUT2D eigenvalue weighted by atomic mass is 10.1. The Kier molecular flexibility index (Phi) is 8.23. The molecule has 0 saturated heterocycles. The number of hydrogen-bond acceptors (Lipinski definition) is 6. The molecule has 6 aromatic carbocycles. The quantitative estimate of drug-likeness (QED) is 0.144. The predicted octanol–water partition coefficient (Wildman–Crippen LogP) is 7.66. The highest BCUT2D eigenvalue weighted by atomic mass is 32.2. The number of hydrogen-bond donors (Lipinski definition) is 4. The normalized spacial score (nSPS) is 11.5. The van der Waals surface area contributed by atoms with Crippen LogP contribution in [0, 0.1) is 0 Å². The fourth-order valence-corrected chi connectivity index (χ4v) is 6.08. The minimum atomic E-state index is -4.28. The van der Waals surface area contributed by atoms with Crippen molar-refractivity contribution in [3.05, 3.63) is 133 Å². The van der Waals surface area contributed by atoms with Gasteiger partial charge in [-0.3, -0.25) is 9.11 Å². The summed E-state index contributed by atoms with van der Waals surface area (Å²) < 4.78 is 65.2. The Morgan fingerprint density at radius 3 is 1.07 bits per heavy atom. The summed E-state index contributed by atoms with van der Waals surface area (Å²) in [6.45, 7) is 0. The van der Waals surface area contributed by atoms with Gasteiger partial charge in [-0.05, 0) is 59.3 Å². The Balaban J connectivity index is 0.000000168. The Bertz CT molecular complexity index is 1920. The molecule has 0 unspecified atom stereocenters. The van der Waals surface area contributed by atoms with E-state index in [-0.39, 0.29) is 9.79 Å². The number of rotatable bonds is 6. The average molecular weight is 599 g/mol. The first-order valence-corrected chi connectivity index (χ1v) is 15.6. The molecule has 0 atom stereocenters. The van der Waals surface area contributed by atoms with E-state index >= 15 is 0 Å². The molecular weight excluding hydrogens is 572 g/mol. The summed E-state index contributed by atoms with van der Waals surface area (Å²) >= 11 is 0. The predicted molar refractivity (Wildman–Crippen MR) is 167 cm³/mol. The largest absolute Gasteiger partial charge is 0.355 e. The van der Waals surface area contributed by atoms with E-state index in [1.807, 2.05) is 72.8 Å². The summed E-state index contributed by atoms with van der Waals surface area (Å²) in [6, 6.07) is 39.3. The van der Waals surface area contributed by atoms with Gasteiger partial charge in [0.15, 0.2) is 0 Å². The molecule has 0 aromatic heterocycles. The van der Waals surface area contributed by atoms with Crippen LogP contribution < -0.4 is 10.6 Å². The van der Waals surface area contributed by atoms with Crippen molar-refractivity contribution in [2.24, 2.45) is 0 Å². The van der Waals surface area contributed by atoms with Crippen LogP contribution in [0.5, 0.6) is 0 Å². The summed E-state index contributed by atoms with van der Waals surface area (Å²) in [5, 5.41) is 8.81. The molecule has 6 aromatic rings. The van der Waals surface area contributed by atoms with Gasteiger partial charge >= 0.3 is 0 Å². The molecule has 0 heterocycles. The van der Waals surface area contributed by atoms with Gasteiger partial charge in [0.25, 0.3) is 20.2 Å². The van der Waals surface area contributed by atoms with Crippen LogP contribution in [-0.2, 0) is 20.2 Å². The van der Waals surface area contributed by atoms with Crippen molar-refractivity contribution >= 4 is 64.5 Å². The minimum absolute atomic E-state index is 0.0981. The second kappa shape index (κ2) is 12.0. The van der Waals surface area contributed by atoms with Crippen LogP contribution in [0.4, 0.5) is 22.7 Å². The van der Waals surface area contributed by atoms with E-state index in [2.05, 4.69) is 10.6 Å². The zero-order valence-electron chi connectivity index (χ0n) is 22.0. The fourth-order valence-electron chi connectivity index (χ4n) is 4.61. The highest BCUT2D eigenvalue weighted by Gasteiger charge is 2.17. The maximum absolute atomic E-state index is 11.6. The zero-order valence-corrected chi connectivity index (χ0v) is 23.7. The Hall–Kier alpha value is -4.74. The zero-order chi connectivity index (χ0) is 29.7. The molecule has 42 heavy (non-hydrogen) atoms. The average Bonchev–Trinajstić information content (AvgIpc) is 2.97. The van der Waals surface area contributed by atoms with Crippen LogP contribution >= 0.6 is 0 Å². The fraction of sp³-hybridized carbons (Fsp3) is 0. The molecule has 4 N–H and O–H groups in total. The first-order valence-electron chi connectivity index (χ1n) is 12.7. The molecule has 0 fully saturated rings. The van der Waals surface area contributed by atoms with Gasteiger partial charge < -0.3 is 10.6 Å². The smallest absolute Gasteiger partial charge is 0.295 e. The minimum Gasteiger partial charge on any atom is -0.355 e. The van der Waals surface area contributed by atoms with Gasteiger partial charge in [-0.25, -0.2) is 0 Å². The number of anilines is 4. The van der Waals surface area contributed by atoms with Gasteiger partial charge in [0.1, 0.15) is 9.79 Å². The molecule has 0 radical (unpaired) electrons. The third-order valence-electron chi connectivity index (χ3n) is 6.39. The summed E-state index contributed by atoms with van der Waals surface area (Å²) in [5.74, 6) is 0. The van der Waals surface area contributed by atoms with E-state index in [4.69, 9.17) is 0 Å². The van der Waals surface area contributed by atoms with Crippen molar-refractivity contribution < 1.29 is 25.9 Å². The maximum Gasteiger partial charge on any atom is 0.295 e. The summed E-state index contributed by atoms with van der Waals surface area (Å²) in [7, 11) is -8.57. The summed E-state index contributed by atoms with van der Waals surface area (Å²) in [4.78, 5) is -0.196. The number of para-hydroxylation sites is 2. The van der Waals surface area contributed by atoms with E-state index in [0.29, 0.717) is 22.1 Å². The monoisotopic (exact) mass is 598 g/mol. The van der Waals surface area contributed by atoms with Crippen LogP contribution in [0.3, 0.4) is 0 Å². The third-order valence-corrected chi connectivity index (χ3v) is 8.19. The lowest BCUT2D eigenvalue weighted by Gasteiger charge is -2.12. The lowest BCUT2D eigenvalue weighted by Crippen LogP contribution is -2.01. The van der Waals surface area contributed by atoms with Crippen LogP contribution in [0.2, 0.25) is 0 Å². The molecule has 0 aliphatic heterocycles. The van der Waals surface area contributed by atoms with Crippen LogP contribution in [-0.4, -0.2) is 25.9 Å². The van der Waals surface area contributed by atoms with Crippen LogP contribution in [0.25, 0.3) is 21.5 Å². The molecular formula is C32H26N2O6S2. The van der Waals surface area contributed by atoms with Crippen molar-refractivity contribution in [2.45, 2.75) is 9.79 Å². The topological polar surface area (TPSA) is 133 Å². The summed E-state index contributed by atoms with van der Waals surface area (Å²) in [5.41, 5.74) is 2.95. The van der Waals surface area contributed by atoms with E-state index in [1.165, 1.54) is 12.1 Å². The van der Waals surface area contributed by atoms with Gasteiger partial charge in [0.2, 0.25) is 0 Å². The Morgan fingerprint density at radius 1 is 0.405 bits per heavy atom. The Labute approximate surface area is 243 Å². The molecule has 0 bridgehead atoms. The second-order valence-electron chi connectivity index (χ2n) is 9.25. The highest BCUT2D eigenvalue weighted by molar-refractivity contribution is 7.86. The van der Waals surface area contributed by atoms with Crippen molar-refractivity contribution in [3.63, 3.8) is 0 Å². The van der Waals surface area contributed by atoms with E-state index in [0.717, 1.165) is 22.1 Å². The van der Waals surface area contributed by atoms with Crippen molar-refractivity contribution in [2.75, 3.05) is 10.6 Å². The molecule has 10 heteroatoms. The van der Waals surface area contributed by atoms with Gasteiger partial charge in [-0.15, -0.1) is 0 Å². The van der Waals surface area contributed by atoms with Crippen molar-refractivity contribution in [1.29, 1.82) is 0 Å². The molecule has 0 spiro atoms. The molecule has 6 rings (SSSR count). The molecule has 8 nitrogen and oxygen atoms in total. The lowest BCUT2D eigenvalue weighted by molar-refractivity contribution is 0.482. The SMILES string of the molecule is O=S(=O)(O)c1cccc2cccc(Nc3ccccc3)c12.O=S(=O)(O)c1cccc2cccc(Nc3ccccc3)c12.